The molecule has 0 aromatic heterocycles. The molecule has 0 saturated carbocycles. The minimum Gasteiger partial charge on any atom is -0.376 e. The predicted molar refractivity (Wildman–Crippen MR) is 93.6 cm³/mol. The summed E-state index contributed by atoms with van der Waals surface area (Å²) >= 11 is 0. The molecule has 3 rings (SSSR count). The highest BCUT2D eigenvalue weighted by Gasteiger charge is 2.21. The fraction of sp³-hybridized carbons (Fsp3) is 0.611. The van der Waals surface area contributed by atoms with Crippen molar-refractivity contribution in [1.82, 2.24) is 15.1 Å². The third-order valence-electron chi connectivity index (χ3n) is 4.64. The van der Waals surface area contributed by atoms with Crippen molar-refractivity contribution in [3.63, 3.8) is 0 Å². The predicted octanol–water partition coefficient (Wildman–Crippen LogP) is 1.56. The van der Waals surface area contributed by atoms with Gasteiger partial charge in [-0.3, -0.25) is 9.89 Å². The molecule has 1 aromatic rings. The Morgan fingerprint density at radius 1 is 1.22 bits per heavy atom. The minimum atomic E-state index is 0.353. The van der Waals surface area contributed by atoms with Crippen LogP contribution < -0.4 is 5.32 Å². The van der Waals surface area contributed by atoms with Gasteiger partial charge < -0.3 is 15.0 Å². The Balaban J connectivity index is 1.43. The SMILES string of the molecule is CN=C(NCC1CCCO1)N1CCN(Cc2ccccc2)CC1. The van der Waals surface area contributed by atoms with Crippen molar-refractivity contribution < 1.29 is 4.74 Å². The highest BCUT2D eigenvalue weighted by atomic mass is 16.5. The molecule has 1 aromatic carbocycles. The molecular weight excluding hydrogens is 288 g/mol. The van der Waals surface area contributed by atoms with Gasteiger partial charge in [0.15, 0.2) is 5.96 Å². The lowest BCUT2D eigenvalue weighted by atomic mass is 10.2. The standard InChI is InChI=1S/C18H28N4O/c1-19-18(20-14-17-8-5-13-23-17)22-11-9-21(10-12-22)15-16-6-3-2-4-7-16/h2-4,6-7,17H,5,8-15H2,1H3,(H,19,20). The van der Waals surface area contributed by atoms with Crippen LogP contribution in [-0.4, -0.2) is 68.2 Å². The zero-order valence-electron chi connectivity index (χ0n) is 14.1. The molecule has 2 fully saturated rings. The average Bonchev–Trinajstić information content (AvgIpc) is 3.11. The van der Waals surface area contributed by atoms with Gasteiger partial charge in [-0.05, 0) is 18.4 Å². The lowest BCUT2D eigenvalue weighted by Gasteiger charge is -2.36. The molecule has 0 spiro atoms. The molecule has 1 atom stereocenters. The van der Waals surface area contributed by atoms with E-state index in [1.807, 2.05) is 7.05 Å². The summed E-state index contributed by atoms with van der Waals surface area (Å²) in [5, 5.41) is 3.48. The van der Waals surface area contributed by atoms with E-state index in [2.05, 4.69) is 50.4 Å². The summed E-state index contributed by atoms with van der Waals surface area (Å²) in [6.45, 7) is 7.03. The Morgan fingerprint density at radius 2 is 2.00 bits per heavy atom. The molecule has 126 valence electrons. The number of nitrogens with zero attached hydrogens (tertiary/aromatic N) is 3. The van der Waals surface area contributed by atoms with Crippen LogP contribution in [-0.2, 0) is 11.3 Å². The number of ether oxygens (including phenoxy) is 1. The Bertz CT molecular complexity index is 491. The van der Waals surface area contributed by atoms with Crippen molar-refractivity contribution in [1.29, 1.82) is 0 Å². The van der Waals surface area contributed by atoms with Gasteiger partial charge in [0.05, 0.1) is 6.10 Å². The van der Waals surface area contributed by atoms with Crippen molar-refractivity contribution >= 4 is 5.96 Å². The second-order valence-electron chi connectivity index (χ2n) is 6.31. The summed E-state index contributed by atoms with van der Waals surface area (Å²) in [5.41, 5.74) is 1.39. The molecule has 1 N–H and O–H groups in total. The van der Waals surface area contributed by atoms with Gasteiger partial charge in [0.2, 0.25) is 0 Å². The quantitative estimate of drug-likeness (QED) is 0.676. The molecule has 23 heavy (non-hydrogen) atoms. The van der Waals surface area contributed by atoms with Gasteiger partial charge in [-0.25, -0.2) is 0 Å². The van der Waals surface area contributed by atoms with Crippen LogP contribution in [0.2, 0.25) is 0 Å². The van der Waals surface area contributed by atoms with Crippen LogP contribution >= 0.6 is 0 Å². The normalized spacial score (nSPS) is 23.3. The van der Waals surface area contributed by atoms with Crippen LogP contribution in [0.3, 0.4) is 0 Å². The number of guanidine groups is 1. The molecule has 2 heterocycles. The van der Waals surface area contributed by atoms with Crippen LogP contribution in [0.1, 0.15) is 18.4 Å². The molecule has 5 heteroatoms. The molecule has 0 radical (unpaired) electrons. The summed E-state index contributed by atoms with van der Waals surface area (Å²) in [5.74, 6) is 1.01. The molecule has 5 nitrogen and oxygen atoms in total. The average molecular weight is 316 g/mol. The summed E-state index contributed by atoms with van der Waals surface area (Å²) in [6.07, 6.45) is 2.70. The van der Waals surface area contributed by atoms with Gasteiger partial charge >= 0.3 is 0 Å². The van der Waals surface area contributed by atoms with Crippen LogP contribution in [0.15, 0.2) is 35.3 Å². The Morgan fingerprint density at radius 3 is 2.65 bits per heavy atom. The van der Waals surface area contributed by atoms with E-state index in [0.717, 1.165) is 58.3 Å². The highest BCUT2D eigenvalue weighted by Crippen LogP contribution is 2.11. The van der Waals surface area contributed by atoms with Gasteiger partial charge in [0.25, 0.3) is 0 Å². The molecule has 0 aliphatic carbocycles. The number of hydrogen-bond donors (Lipinski definition) is 1. The first-order valence-electron chi connectivity index (χ1n) is 8.68. The lowest BCUT2D eigenvalue weighted by Crippen LogP contribution is -2.53. The van der Waals surface area contributed by atoms with Gasteiger partial charge in [-0.15, -0.1) is 0 Å². The van der Waals surface area contributed by atoms with E-state index in [4.69, 9.17) is 4.74 Å². The maximum absolute atomic E-state index is 5.67. The Hall–Kier alpha value is -1.59. The topological polar surface area (TPSA) is 40.1 Å². The third-order valence-corrected chi connectivity index (χ3v) is 4.64. The van der Waals surface area contributed by atoms with E-state index in [9.17, 15) is 0 Å². The zero-order chi connectivity index (χ0) is 15.9. The fourth-order valence-corrected chi connectivity index (χ4v) is 3.30. The van der Waals surface area contributed by atoms with Crippen LogP contribution in [0.4, 0.5) is 0 Å². The maximum atomic E-state index is 5.67. The highest BCUT2D eigenvalue weighted by molar-refractivity contribution is 5.80. The maximum Gasteiger partial charge on any atom is 0.193 e. The van der Waals surface area contributed by atoms with Gasteiger partial charge in [-0.1, -0.05) is 30.3 Å². The van der Waals surface area contributed by atoms with E-state index in [1.165, 1.54) is 12.0 Å². The van der Waals surface area contributed by atoms with Crippen molar-refractivity contribution in [3.05, 3.63) is 35.9 Å². The van der Waals surface area contributed by atoms with Gasteiger partial charge in [0.1, 0.15) is 0 Å². The minimum absolute atomic E-state index is 0.353. The monoisotopic (exact) mass is 316 g/mol. The molecule has 0 amide bonds. The summed E-state index contributed by atoms with van der Waals surface area (Å²) in [7, 11) is 1.87. The van der Waals surface area contributed by atoms with Crippen LogP contribution in [0.25, 0.3) is 0 Å². The summed E-state index contributed by atoms with van der Waals surface area (Å²) in [6, 6.07) is 10.7. The summed E-state index contributed by atoms with van der Waals surface area (Å²) < 4.78 is 5.67. The van der Waals surface area contributed by atoms with E-state index in [1.54, 1.807) is 0 Å². The molecule has 1 unspecified atom stereocenters. The molecule has 0 bridgehead atoms. The van der Waals surface area contributed by atoms with E-state index >= 15 is 0 Å². The van der Waals surface area contributed by atoms with Crippen LogP contribution in [0.5, 0.6) is 0 Å². The van der Waals surface area contributed by atoms with Gasteiger partial charge in [-0.2, -0.15) is 0 Å². The molecule has 2 saturated heterocycles. The summed E-state index contributed by atoms with van der Waals surface area (Å²) in [4.78, 5) is 9.31. The van der Waals surface area contributed by atoms with Crippen LogP contribution in [0, 0.1) is 0 Å². The van der Waals surface area contributed by atoms with E-state index in [-0.39, 0.29) is 0 Å². The fourth-order valence-electron chi connectivity index (χ4n) is 3.30. The van der Waals surface area contributed by atoms with Gasteiger partial charge in [0, 0.05) is 52.9 Å². The number of aliphatic imine (C=N–C) groups is 1. The zero-order valence-corrected chi connectivity index (χ0v) is 14.1. The van der Waals surface area contributed by atoms with Crippen molar-refractivity contribution in [2.45, 2.75) is 25.5 Å². The third kappa shape index (κ3) is 4.69. The first kappa shape index (κ1) is 16.3. The Labute approximate surface area is 139 Å². The molecule has 2 aliphatic heterocycles. The van der Waals surface area contributed by atoms with E-state index < -0.39 is 0 Å². The van der Waals surface area contributed by atoms with Crippen molar-refractivity contribution in [2.24, 2.45) is 4.99 Å². The number of nitrogens with one attached hydrogen (secondary N) is 1. The van der Waals surface area contributed by atoms with Crippen molar-refractivity contribution in [3.8, 4) is 0 Å². The molecule has 2 aliphatic rings. The largest absolute Gasteiger partial charge is 0.376 e. The lowest BCUT2D eigenvalue weighted by molar-refractivity contribution is 0.112. The number of benzene rings is 1. The number of rotatable bonds is 4. The smallest absolute Gasteiger partial charge is 0.193 e. The molecular formula is C18H28N4O. The second kappa shape index (κ2) is 8.31. The number of piperazine rings is 1. The van der Waals surface area contributed by atoms with E-state index in [0.29, 0.717) is 6.10 Å². The first-order valence-corrected chi connectivity index (χ1v) is 8.68. The van der Waals surface area contributed by atoms with Crippen molar-refractivity contribution in [2.75, 3.05) is 46.4 Å². The number of hydrogen-bond acceptors (Lipinski definition) is 3. The second-order valence-corrected chi connectivity index (χ2v) is 6.31. The Kier molecular flexibility index (Phi) is 5.88. The first-order chi connectivity index (χ1) is 11.3.